The maximum Gasteiger partial charge on any atom is 0.308 e. The molecule has 0 amide bonds. The van der Waals surface area contributed by atoms with Crippen molar-refractivity contribution in [3.63, 3.8) is 0 Å². The summed E-state index contributed by atoms with van der Waals surface area (Å²) in [5, 5.41) is 7.11. The van der Waals surface area contributed by atoms with Crippen LogP contribution in [0.25, 0.3) is 0 Å². The number of benzene rings is 3. The fraction of sp³-hybridized carbons (Fsp3) is 0.267. The Balaban J connectivity index is 1.60. The van der Waals surface area contributed by atoms with Gasteiger partial charge in [0.1, 0.15) is 11.5 Å². The number of Topliss-reactive ketones (excluding diaryl/α,β-unsaturated/α-hetero) is 1. The van der Waals surface area contributed by atoms with Gasteiger partial charge in [-0.05, 0) is 54.4 Å². The zero-order valence-corrected chi connectivity index (χ0v) is 21.8. The van der Waals surface area contributed by atoms with Crippen LogP contribution < -0.4 is 29.6 Å². The fourth-order valence-electron chi connectivity index (χ4n) is 5.22. The molecule has 196 valence electrons. The molecule has 2 N–H and O–H groups in total. The maximum atomic E-state index is 13.9. The predicted octanol–water partition coefficient (Wildman–Crippen LogP) is 5.62. The average molecular weight is 515 g/mol. The zero-order chi connectivity index (χ0) is 26.8. The first-order valence-corrected chi connectivity index (χ1v) is 12.4. The molecule has 0 fully saturated rings. The second-order valence-corrected chi connectivity index (χ2v) is 9.28. The normalized spacial score (nSPS) is 18.3. The fourth-order valence-corrected chi connectivity index (χ4v) is 5.22. The van der Waals surface area contributed by atoms with Crippen LogP contribution in [0.4, 0.5) is 11.4 Å². The Morgan fingerprint density at radius 2 is 1.58 bits per heavy atom. The summed E-state index contributed by atoms with van der Waals surface area (Å²) in [6.07, 6.45) is 0.932. The zero-order valence-electron chi connectivity index (χ0n) is 21.8. The lowest BCUT2D eigenvalue weighted by Gasteiger charge is -2.30. The van der Waals surface area contributed by atoms with Crippen LogP contribution in [0.5, 0.6) is 23.0 Å². The van der Waals surface area contributed by atoms with E-state index < -0.39 is 12.0 Å². The average Bonchev–Trinajstić information content (AvgIpc) is 3.09. The minimum Gasteiger partial charge on any atom is -0.497 e. The molecule has 1 heterocycles. The SMILES string of the molecule is COc1ccc(OC)c(C2CC(=O)C3=C(C2)Nc2ccccc2NC3c2ccc(OC(C)=O)c(OC)c2)c1. The smallest absolute Gasteiger partial charge is 0.308 e. The Hall–Kier alpha value is -4.46. The third-order valence-electron chi connectivity index (χ3n) is 6.96. The van der Waals surface area contributed by atoms with E-state index in [0.29, 0.717) is 35.7 Å². The predicted molar refractivity (Wildman–Crippen MR) is 144 cm³/mol. The lowest BCUT2D eigenvalue weighted by atomic mass is 9.78. The van der Waals surface area contributed by atoms with E-state index in [4.69, 9.17) is 18.9 Å². The van der Waals surface area contributed by atoms with Crippen LogP contribution in [0.1, 0.15) is 42.9 Å². The van der Waals surface area contributed by atoms with Gasteiger partial charge in [0.05, 0.1) is 38.7 Å². The summed E-state index contributed by atoms with van der Waals surface area (Å²) in [6.45, 7) is 1.34. The summed E-state index contributed by atoms with van der Waals surface area (Å²) in [5.74, 6) is 1.68. The number of hydrogen-bond donors (Lipinski definition) is 2. The van der Waals surface area contributed by atoms with Crippen molar-refractivity contribution in [3.8, 4) is 23.0 Å². The van der Waals surface area contributed by atoms with Crippen molar-refractivity contribution < 1.29 is 28.5 Å². The number of anilines is 2. The highest BCUT2D eigenvalue weighted by Crippen LogP contribution is 2.47. The van der Waals surface area contributed by atoms with Gasteiger partial charge in [-0.1, -0.05) is 18.2 Å². The van der Waals surface area contributed by atoms with Crippen LogP contribution in [0.3, 0.4) is 0 Å². The second kappa shape index (κ2) is 10.5. The highest BCUT2D eigenvalue weighted by molar-refractivity contribution is 6.01. The number of nitrogens with one attached hydrogen (secondary N) is 2. The summed E-state index contributed by atoms with van der Waals surface area (Å²) in [7, 11) is 4.78. The number of carbonyl (C=O) groups excluding carboxylic acids is 2. The van der Waals surface area contributed by atoms with E-state index in [2.05, 4.69) is 10.6 Å². The summed E-state index contributed by atoms with van der Waals surface area (Å²) in [5.41, 5.74) is 5.02. The molecule has 1 aliphatic carbocycles. The molecule has 0 spiro atoms. The third kappa shape index (κ3) is 4.77. The van der Waals surface area contributed by atoms with E-state index in [1.54, 1.807) is 26.4 Å². The van der Waals surface area contributed by atoms with Gasteiger partial charge in [-0.2, -0.15) is 0 Å². The molecule has 0 aromatic heterocycles. The summed E-state index contributed by atoms with van der Waals surface area (Å²) in [6, 6.07) is 18.4. The molecule has 3 aromatic carbocycles. The van der Waals surface area contributed by atoms with E-state index in [1.165, 1.54) is 14.0 Å². The number of methoxy groups -OCH3 is 3. The summed E-state index contributed by atoms with van der Waals surface area (Å²) in [4.78, 5) is 25.5. The largest absolute Gasteiger partial charge is 0.497 e. The minimum absolute atomic E-state index is 0.0296. The number of allylic oxidation sites excluding steroid dienone is 1. The molecule has 0 radical (unpaired) electrons. The first kappa shape index (κ1) is 25.2. The number of esters is 1. The van der Waals surface area contributed by atoms with Gasteiger partial charge in [-0.3, -0.25) is 9.59 Å². The van der Waals surface area contributed by atoms with E-state index in [-0.39, 0.29) is 11.7 Å². The lowest BCUT2D eigenvalue weighted by Crippen LogP contribution is -2.27. The van der Waals surface area contributed by atoms with Crippen LogP contribution in [0.15, 0.2) is 71.9 Å². The molecule has 3 aromatic rings. The standard InChI is InChI=1S/C30H30N2O6/c1-17(33)38-27-11-9-18(15-28(27)37-4)30-29-24(31-22-7-5-6-8-23(22)32-30)13-19(14-25(29)34)21-16-20(35-2)10-12-26(21)36-3/h5-12,15-16,19,30-32H,13-14H2,1-4H3. The third-order valence-corrected chi connectivity index (χ3v) is 6.96. The van der Waals surface area contributed by atoms with Gasteiger partial charge in [0, 0.05) is 36.1 Å². The van der Waals surface area contributed by atoms with E-state index in [1.807, 2.05) is 48.5 Å². The Bertz CT molecular complexity index is 1430. The van der Waals surface area contributed by atoms with Gasteiger partial charge in [0.2, 0.25) is 0 Å². The van der Waals surface area contributed by atoms with E-state index in [0.717, 1.165) is 33.9 Å². The van der Waals surface area contributed by atoms with Crippen molar-refractivity contribution in [2.24, 2.45) is 0 Å². The van der Waals surface area contributed by atoms with Crippen LogP contribution >= 0.6 is 0 Å². The first-order valence-electron chi connectivity index (χ1n) is 12.4. The molecule has 5 rings (SSSR count). The molecule has 0 bridgehead atoms. The van der Waals surface area contributed by atoms with Crippen molar-refractivity contribution in [1.82, 2.24) is 0 Å². The quantitative estimate of drug-likeness (QED) is 0.323. The topological polar surface area (TPSA) is 95.1 Å². The van der Waals surface area contributed by atoms with Crippen molar-refractivity contribution in [2.75, 3.05) is 32.0 Å². The number of para-hydroxylation sites is 2. The molecule has 1 aliphatic heterocycles. The van der Waals surface area contributed by atoms with E-state index >= 15 is 0 Å². The van der Waals surface area contributed by atoms with Crippen molar-refractivity contribution >= 4 is 23.1 Å². The number of ether oxygens (including phenoxy) is 4. The summed E-state index contributed by atoms with van der Waals surface area (Å²) >= 11 is 0. The first-order chi connectivity index (χ1) is 18.4. The van der Waals surface area contributed by atoms with E-state index in [9.17, 15) is 9.59 Å². The Morgan fingerprint density at radius 3 is 2.29 bits per heavy atom. The monoisotopic (exact) mass is 514 g/mol. The maximum absolute atomic E-state index is 13.9. The highest BCUT2D eigenvalue weighted by Gasteiger charge is 2.37. The van der Waals surface area contributed by atoms with Crippen molar-refractivity contribution in [3.05, 3.63) is 83.1 Å². The lowest BCUT2D eigenvalue weighted by molar-refractivity contribution is -0.132. The Morgan fingerprint density at radius 1 is 0.842 bits per heavy atom. The molecule has 0 saturated carbocycles. The van der Waals surface area contributed by atoms with Gasteiger partial charge in [0.25, 0.3) is 0 Å². The molecule has 0 saturated heterocycles. The van der Waals surface area contributed by atoms with Gasteiger partial charge in [0.15, 0.2) is 17.3 Å². The van der Waals surface area contributed by atoms with Crippen LogP contribution in [-0.2, 0) is 9.59 Å². The number of hydrogen-bond acceptors (Lipinski definition) is 8. The van der Waals surface area contributed by atoms with Crippen LogP contribution in [0.2, 0.25) is 0 Å². The molecule has 2 atom stereocenters. The molecule has 38 heavy (non-hydrogen) atoms. The highest BCUT2D eigenvalue weighted by atomic mass is 16.6. The number of carbonyl (C=O) groups is 2. The van der Waals surface area contributed by atoms with Gasteiger partial charge in [-0.25, -0.2) is 0 Å². The number of rotatable bonds is 6. The number of fused-ring (bicyclic) bond motifs is 1. The second-order valence-electron chi connectivity index (χ2n) is 9.28. The van der Waals surface area contributed by atoms with Crippen LogP contribution in [0, 0.1) is 0 Å². The van der Waals surface area contributed by atoms with Gasteiger partial charge >= 0.3 is 5.97 Å². The molecular formula is C30H30N2O6. The number of ketones is 1. The van der Waals surface area contributed by atoms with Crippen molar-refractivity contribution in [1.29, 1.82) is 0 Å². The molecule has 2 unspecified atom stereocenters. The Labute approximate surface area is 221 Å². The van der Waals surface area contributed by atoms with Gasteiger partial charge in [-0.15, -0.1) is 0 Å². The molecule has 2 aliphatic rings. The molecule has 8 nitrogen and oxygen atoms in total. The Kier molecular flexibility index (Phi) is 6.96. The minimum atomic E-state index is -0.443. The molecule has 8 heteroatoms. The van der Waals surface area contributed by atoms with Crippen molar-refractivity contribution in [2.45, 2.75) is 31.7 Å². The molecular weight excluding hydrogens is 484 g/mol. The summed E-state index contributed by atoms with van der Waals surface area (Å²) < 4.78 is 21.9. The van der Waals surface area contributed by atoms with Gasteiger partial charge < -0.3 is 29.6 Å². The van der Waals surface area contributed by atoms with Crippen LogP contribution in [-0.4, -0.2) is 33.1 Å².